The Bertz CT molecular complexity index is 895. The second-order valence-corrected chi connectivity index (χ2v) is 7.82. The first-order chi connectivity index (χ1) is 15.4. The minimum atomic E-state index is 0.514. The highest BCUT2D eigenvalue weighted by Crippen LogP contribution is 2.38. The van der Waals surface area contributed by atoms with E-state index in [0.717, 1.165) is 28.4 Å². The van der Waals surface area contributed by atoms with Crippen LogP contribution >= 0.6 is 11.3 Å². The molecule has 1 heterocycles. The van der Waals surface area contributed by atoms with Crippen LogP contribution in [0.2, 0.25) is 0 Å². The van der Waals surface area contributed by atoms with Crippen molar-refractivity contribution in [3.05, 3.63) is 64.4 Å². The lowest BCUT2D eigenvalue weighted by Crippen LogP contribution is -1.96. The highest BCUT2D eigenvalue weighted by molar-refractivity contribution is 7.17. The fraction of sp³-hybridized carbons (Fsp3) is 0.423. The number of benzene rings is 1. The minimum Gasteiger partial charge on any atom is -0.505 e. The summed E-state index contributed by atoms with van der Waals surface area (Å²) < 4.78 is 9.62. The van der Waals surface area contributed by atoms with E-state index in [4.69, 9.17) is 10.5 Å². The Morgan fingerprint density at radius 3 is 2.47 bits per heavy atom. The van der Waals surface area contributed by atoms with Crippen LogP contribution in [-0.2, 0) is 22.3 Å². The number of methoxy groups -OCH3 is 2. The molecule has 6 heteroatoms. The summed E-state index contributed by atoms with van der Waals surface area (Å²) in [6.07, 6.45) is 7.02. The smallest absolute Gasteiger partial charge is 0.113 e. The average molecular weight is 458 g/mol. The Balaban J connectivity index is 0.00000121. The number of nitrogens with one attached hydrogen (secondary N) is 1. The Hall–Kier alpha value is -2.91. The van der Waals surface area contributed by atoms with Crippen molar-refractivity contribution in [3.63, 3.8) is 0 Å². The molecule has 0 aliphatic heterocycles. The van der Waals surface area contributed by atoms with Gasteiger partial charge in [-0.2, -0.15) is 5.26 Å². The Morgan fingerprint density at radius 2 is 1.97 bits per heavy atom. The molecule has 0 saturated carbocycles. The topological polar surface area (TPSA) is 80.3 Å². The van der Waals surface area contributed by atoms with Gasteiger partial charge in [0.2, 0.25) is 0 Å². The highest BCUT2D eigenvalue weighted by atomic mass is 32.1. The number of thiophene rings is 1. The van der Waals surface area contributed by atoms with E-state index in [-0.39, 0.29) is 0 Å². The zero-order chi connectivity index (χ0) is 24.5. The van der Waals surface area contributed by atoms with Crippen molar-refractivity contribution in [2.45, 2.75) is 60.3 Å². The number of hydrogen-bond acceptors (Lipinski definition) is 6. The molecular formula is C26H39N3O2S. The molecule has 0 fully saturated rings. The summed E-state index contributed by atoms with van der Waals surface area (Å²) in [4.78, 5) is 0.984. The van der Waals surface area contributed by atoms with Gasteiger partial charge in [-0.25, -0.2) is 0 Å². The van der Waals surface area contributed by atoms with Crippen LogP contribution in [-0.4, -0.2) is 14.2 Å². The van der Waals surface area contributed by atoms with E-state index < -0.39 is 0 Å². The van der Waals surface area contributed by atoms with E-state index in [1.807, 2.05) is 32.9 Å². The van der Waals surface area contributed by atoms with Gasteiger partial charge in [0.25, 0.3) is 0 Å². The molecule has 0 aliphatic rings. The van der Waals surface area contributed by atoms with E-state index in [0.29, 0.717) is 29.9 Å². The first kappa shape index (κ1) is 29.1. The number of nitrogens with zero attached hydrogens (tertiary/aromatic N) is 1. The fourth-order valence-corrected chi connectivity index (χ4v) is 3.87. The number of nitriles is 1. The molecule has 1 aromatic heterocycles. The van der Waals surface area contributed by atoms with Gasteiger partial charge < -0.3 is 20.5 Å². The third kappa shape index (κ3) is 9.49. The van der Waals surface area contributed by atoms with E-state index in [1.165, 1.54) is 22.5 Å². The SMILES string of the molecule is C/C=C/OC.C=C(CCc1sc(Nc2ccc(C)c(CCC)c2)c(C#N)c1N)OC.CC. The van der Waals surface area contributed by atoms with Crippen molar-refractivity contribution in [2.24, 2.45) is 0 Å². The fourth-order valence-electron chi connectivity index (χ4n) is 2.79. The normalized spacial score (nSPS) is 9.69. The van der Waals surface area contributed by atoms with Crippen LogP contribution < -0.4 is 11.1 Å². The number of anilines is 3. The molecule has 5 nitrogen and oxygen atoms in total. The lowest BCUT2D eigenvalue weighted by Gasteiger charge is -2.09. The number of ether oxygens (including phenoxy) is 2. The standard InChI is InChI=1S/C20H25N3OS.C4H8O.C2H6/c1-5-6-15-11-16(9-7-13(15)2)23-20-17(12-21)19(22)18(25-20)10-8-14(3)24-4;1-3-4-5-2;1-2/h7,9,11,23H,3,5-6,8,10,22H2,1-2,4H3;3-4H,1-2H3;1-2H3/b;4-3+;. The molecule has 3 N–H and O–H groups in total. The van der Waals surface area contributed by atoms with Crippen LogP contribution in [0.15, 0.2) is 42.9 Å². The second-order valence-electron chi connectivity index (χ2n) is 6.72. The molecule has 0 amide bonds. The molecule has 0 spiro atoms. The molecule has 2 aromatic rings. The monoisotopic (exact) mass is 457 g/mol. The number of hydrogen-bond donors (Lipinski definition) is 2. The van der Waals surface area contributed by atoms with Crippen molar-refractivity contribution in [3.8, 4) is 6.07 Å². The van der Waals surface area contributed by atoms with Crippen LogP contribution in [0.5, 0.6) is 0 Å². The quantitative estimate of drug-likeness (QED) is 0.381. The Labute approximate surface area is 198 Å². The first-order valence-corrected chi connectivity index (χ1v) is 11.8. The van der Waals surface area contributed by atoms with Crippen molar-refractivity contribution < 1.29 is 9.47 Å². The van der Waals surface area contributed by atoms with Gasteiger partial charge in [0.05, 0.1) is 31.9 Å². The molecule has 1 aromatic carbocycles. The summed E-state index contributed by atoms with van der Waals surface area (Å²) >= 11 is 1.53. The number of nitrogens with two attached hydrogens (primary N) is 1. The van der Waals surface area contributed by atoms with Gasteiger partial charge in [0.15, 0.2) is 0 Å². The Kier molecular flexibility index (Phi) is 15.2. The summed E-state index contributed by atoms with van der Waals surface area (Å²) in [5.74, 6) is 0.712. The van der Waals surface area contributed by atoms with Gasteiger partial charge in [-0.15, -0.1) is 11.3 Å². The molecule has 0 atom stereocenters. The third-order valence-corrected chi connectivity index (χ3v) is 5.63. The lowest BCUT2D eigenvalue weighted by atomic mass is 10.0. The molecular weight excluding hydrogens is 418 g/mol. The zero-order valence-corrected chi connectivity index (χ0v) is 21.5. The molecule has 0 unspecified atom stereocenters. The molecule has 32 heavy (non-hydrogen) atoms. The van der Waals surface area contributed by atoms with Gasteiger partial charge >= 0.3 is 0 Å². The molecule has 2 rings (SSSR count). The zero-order valence-electron chi connectivity index (χ0n) is 20.7. The molecule has 0 bridgehead atoms. The van der Waals surface area contributed by atoms with Crippen molar-refractivity contribution >= 4 is 27.7 Å². The highest BCUT2D eigenvalue weighted by Gasteiger charge is 2.16. The van der Waals surface area contributed by atoms with Crippen LogP contribution in [0, 0.1) is 18.3 Å². The van der Waals surface area contributed by atoms with Gasteiger partial charge in [-0.3, -0.25) is 0 Å². The van der Waals surface area contributed by atoms with Crippen LogP contribution in [0.3, 0.4) is 0 Å². The van der Waals surface area contributed by atoms with Crippen molar-refractivity contribution in [1.29, 1.82) is 5.26 Å². The van der Waals surface area contributed by atoms with Crippen LogP contribution in [0.1, 0.15) is 62.1 Å². The minimum absolute atomic E-state index is 0.514. The van der Waals surface area contributed by atoms with Gasteiger partial charge in [-0.05, 0) is 49.9 Å². The second kappa shape index (κ2) is 16.7. The summed E-state index contributed by atoms with van der Waals surface area (Å²) in [7, 11) is 3.24. The maximum absolute atomic E-state index is 9.49. The van der Waals surface area contributed by atoms with E-state index in [9.17, 15) is 5.26 Å². The summed E-state index contributed by atoms with van der Waals surface area (Å²) in [5, 5.41) is 13.7. The third-order valence-electron chi connectivity index (χ3n) is 4.45. The van der Waals surface area contributed by atoms with Crippen LogP contribution in [0.4, 0.5) is 16.4 Å². The van der Waals surface area contributed by atoms with Gasteiger partial charge in [0.1, 0.15) is 16.6 Å². The van der Waals surface area contributed by atoms with E-state index in [2.05, 4.69) is 48.7 Å². The lowest BCUT2D eigenvalue weighted by molar-refractivity contribution is 0.279. The van der Waals surface area contributed by atoms with Crippen molar-refractivity contribution in [1.82, 2.24) is 0 Å². The van der Waals surface area contributed by atoms with Crippen molar-refractivity contribution in [2.75, 3.05) is 25.3 Å². The first-order valence-electron chi connectivity index (χ1n) is 10.9. The molecule has 176 valence electrons. The van der Waals surface area contributed by atoms with Gasteiger partial charge in [-0.1, -0.05) is 45.9 Å². The average Bonchev–Trinajstić information content (AvgIpc) is 3.10. The van der Waals surface area contributed by atoms with Gasteiger partial charge in [0, 0.05) is 17.0 Å². The molecule has 0 aliphatic carbocycles. The predicted octanol–water partition coefficient (Wildman–Crippen LogP) is 7.49. The maximum atomic E-state index is 9.49. The predicted molar refractivity (Wildman–Crippen MR) is 140 cm³/mol. The molecule has 0 radical (unpaired) electrons. The maximum Gasteiger partial charge on any atom is 0.113 e. The summed E-state index contributed by atoms with van der Waals surface area (Å²) in [6.45, 7) is 14.0. The number of nitrogen functional groups attached to an aromatic ring is 1. The summed E-state index contributed by atoms with van der Waals surface area (Å²) in [6, 6.07) is 8.53. The Morgan fingerprint density at radius 1 is 1.28 bits per heavy atom. The van der Waals surface area contributed by atoms with E-state index in [1.54, 1.807) is 20.5 Å². The largest absolute Gasteiger partial charge is 0.505 e. The number of rotatable bonds is 9. The van der Waals surface area contributed by atoms with Crippen LogP contribution in [0.25, 0.3) is 0 Å². The molecule has 0 saturated heterocycles. The number of aryl methyl sites for hydroxylation is 3. The number of allylic oxidation sites excluding steroid dienone is 2. The van der Waals surface area contributed by atoms with E-state index >= 15 is 0 Å². The summed E-state index contributed by atoms with van der Waals surface area (Å²) in [5.41, 5.74) is 10.8.